The fraction of sp³-hybridized carbons (Fsp3) is 0.333. The van der Waals surface area contributed by atoms with E-state index in [0.717, 1.165) is 6.42 Å². The molecule has 0 aliphatic rings. The van der Waals surface area contributed by atoms with Gasteiger partial charge in [-0.2, -0.15) is 0 Å². The van der Waals surface area contributed by atoms with Gasteiger partial charge >= 0.3 is 0 Å². The number of alkyl halides is 2. The van der Waals surface area contributed by atoms with Gasteiger partial charge in [-0.1, -0.05) is 19.1 Å². The van der Waals surface area contributed by atoms with Crippen LogP contribution in [0, 0.1) is 6.92 Å². The number of hydrogen-bond donors (Lipinski definition) is 0. The number of aromatic nitrogens is 6. The molecule has 0 amide bonds. The molecule has 0 aliphatic heterocycles. The van der Waals surface area contributed by atoms with Crippen molar-refractivity contribution in [1.29, 1.82) is 0 Å². The fourth-order valence-corrected chi connectivity index (χ4v) is 3.10. The van der Waals surface area contributed by atoms with E-state index in [1.807, 2.05) is 4.57 Å². The summed E-state index contributed by atoms with van der Waals surface area (Å²) < 4.78 is 30.7. The van der Waals surface area contributed by atoms with E-state index in [9.17, 15) is 8.78 Å². The van der Waals surface area contributed by atoms with Gasteiger partial charge in [0.2, 0.25) is 0 Å². The minimum Gasteiger partial charge on any atom is -0.312 e. The van der Waals surface area contributed by atoms with E-state index in [4.69, 9.17) is 0 Å². The Kier molecular flexibility index (Phi) is 3.90. The quantitative estimate of drug-likeness (QED) is 0.544. The number of fused-ring (bicyclic) bond motifs is 2. The first-order valence-corrected chi connectivity index (χ1v) is 8.48. The normalized spacial score (nSPS) is 13.2. The second kappa shape index (κ2) is 6.12. The van der Waals surface area contributed by atoms with Gasteiger partial charge in [0, 0.05) is 6.04 Å². The summed E-state index contributed by atoms with van der Waals surface area (Å²) in [7, 11) is 0. The van der Waals surface area contributed by atoms with Crippen LogP contribution in [0.1, 0.15) is 44.4 Å². The number of halogens is 2. The third kappa shape index (κ3) is 2.44. The van der Waals surface area contributed by atoms with Crippen molar-refractivity contribution in [1.82, 2.24) is 29.1 Å². The van der Waals surface area contributed by atoms with Crippen molar-refractivity contribution < 1.29 is 8.78 Å². The molecule has 0 spiro atoms. The molecule has 1 unspecified atom stereocenters. The van der Waals surface area contributed by atoms with Crippen molar-refractivity contribution in [2.45, 2.75) is 39.7 Å². The minimum absolute atomic E-state index is 0.191. The molecule has 3 heterocycles. The van der Waals surface area contributed by atoms with Crippen LogP contribution in [0.5, 0.6) is 0 Å². The van der Waals surface area contributed by atoms with Crippen LogP contribution in [0.15, 0.2) is 30.6 Å². The van der Waals surface area contributed by atoms with Crippen LogP contribution >= 0.6 is 0 Å². The third-order valence-electron chi connectivity index (χ3n) is 4.57. The molecule has 1 atom stereocenters. The molecule has 134 valence electrons. The zero-order valence-electron chi connectivity index (χ0n) is 14.7. The van der Waals surface area contributed by atoms with Gasteiger partial charge in [-0.15, -0.1) is 0 Å². The molecule has 26 heavy (non-hydrogen) atoms. The van der Waals surface area contributed by atoms with Crippen molar-refractivity contribution in [2.24, 2.45) is 0 Å². The maximum Gasteiger partial charge on any atom is 0.296 e. The van der Waals surface area contributed by atoms with Crippen LogP contribution in [0.3, 0.4) is 0 Å². The lowest BCUT2D eigenvalue weighted by Crippen LogP contribution is -2.09. The molecule has 0 saturated carbocycles. The number of benzene rings is 1. The van der Waals surface area contributed by atoms with Crippen molar-refractivity contribution >= 4 is 22.2 Å². The van der Waals surface area contributed by atoms with Crippen LogP contribution in [0.25, 0.3) is 28.0 Å². The number of rotatable bonds is 4. The molecule has 0 saturated heterocycles. The lowest BCUT2D eigenvalue weighted by Gasteiger charge is -2.13. The van der Waals surface area contributed by atoms with Crippen LogP contribution in [-0.4, -0.2) is 29.1 Å². The Morgan fingerprint density at radius 3 is 2.62 bits per heavy atom. The Morgan fingerprint density at radius 1 is 1.12 bits per heavy atom. The number of imidazole rings is 2. The molecule has 0 N–H and O–H groups in total. The first-order valence-electron chi connectivity index (χ1n) is 8.48. The Hall–Kier alpha value is -2.90. The maximum absolute atomic E-state index is 13.7. The summed E-state index contributed by atoms with van der Waals surface area (Å²) in [5.41, 5.74) is 2.19. The van der Waals surface area contributed by atoms with Crippen LogP contribution in [-0.2, 0) is 0 Å². The minimum atomic E-state index is -2.73. The SMILES string of the molecule is CCC(C)n1cnc2c(-n3c(C(F)F)nc4ccccc43)nc(C)nc21. The van der Waals surface area contributed by atoms with Gasteiger partial charge in [0.05, 0.1) is 17.4 Å². The highest BCUT2D eigenvalue weighted by Gasteiger charge is 2.24. The molecular weight excluding hydrogens is 338 g/mol. The second-order valence-electron chi connectivity index (χ2n) is 6.27. The molecule has 0 fully saturated rings. The van der Waals surface area contributed by atoms with Gasteiger partial charge in [-0.25, -0.2) is 28.7 Å². The fourth-order valence-electron chi connectivity index (χ4n) is 3.10. The number of nitrogens with zero attached hydrogens (tertiary/aromatic N) is 6. The molecule has 1 aromatic carbocycles. The average molecular weight is 356 g/mol. The second-order valence-corrected chi connectivity index (χ2v) is 6.27. The van der Waals surface area contributed by atoms with Gasteiger partial charge in [-0.05, 0) is 32.4 Å². The van der Waals surface area contributed by atoms with Gasteiger partial charge in [-0.3, -0.25) is 4.57 Å². The summed E-state index contributed by atoms with van der Waals surface area (Å²) >= 11 is 0. The summed E-state index contributed by atoms with van der Waals surface area (Å²) in [5, 5.41) is 0. The molecule has 3 aromatic heterocycles. The highest BCUT2D eigenvalue weighted by Crippen LogP contribution is 2.30. The summed E-state index contributed by atoms with van der Waals surface area (Å²) in [6.45, 7) is 5.89. The summed E-state index contributed by atoms with van der Waals surface area (Å²) in [6.07, 6.45) is -0.137. The van der Waals surface area contributed by atoms with Crippen molar-refractivity contribution in [3.05, 3.63) is 42.2 Å². The molecule has 0 aliphatic carbocycles. The maximum atomic E-state index is 13.7. The molecule has 0 radical (unpaired) electrons. The van der Waals surface area contributed by atoms with E-state index in [2.05, 4.69) is 33.8 Å². The van der Waals surface area contributed by atoms with E-state index in [0.29, 0.717) is 33.8 Å². The average Bonchev–Trinajstić information content (AvgIpc) is 3.22. The highest BCUT2D eigenvalue weighted by molar-refractivity contribution is 5.84. The van der Waals surface area contributed by atoms with E-state index in [1.165, 1.54) is 4.57 Å². The van der Waals surface area contributed by atoms with Gasteiger partial charge < -0.3 is 4.57 Å². The Morgan fingerprint density at radius 2 is 1.88 bits per heavy atom. The van der Waals surface area contributed by atoms with Crippen molar-refractivity contribution in [3.8, 4) is 5.82 Å². The van der Waals surface area contributed by atoms with E-state index in [-0.39, 0.29) is 11.9 Å². The third-order valence-corrected chi connectivity index (χ3v) is 4.57. The molecule has 6 nitrogen and oxygen atoms in total. The zero-order valence-corrected chi connectivity index (χ0v) is 14.7. The number of hydrogen-bond acceptors (Lipinski definition) is 4. The highest BCUT2D eigenvalue weighted by atomic mass is 19.3. The standard InChI is InChI=1S/C18H18F2N6/c1-4-10(2)25-9-21-14-16(25)22-11(3)23-17(14)26-13-8-6-5-7-12(13)24-18(26)15(19)20/h5-10,15H,4H2,1-3H3. The lowest BCUT2D eigenvalue weighted by molar-refractivity contribution is 0.139. The first-order chi connectivity index (χ1) is 12.5. The molecular formula is C18H18F2N6. The Balaban J connectivity index is 2.08. The van der Waals surface area contributed by atoms with Crippen LogP contribution in [0.2, 0.25) is 0 Å². The summed E-state index contributed by atoms with van der Waals surface area (Å²) in [6, 6.07) is 7.21. The Bertz CT molecular complexity index is 1100. The zero-order chi connectivity index (χ0) is 18.4. The van der Waals surface area contributed by atoms with Gasteiger partial charge in [0.15, 0.2) is 22.8 Å². The lowest BCUT2D eigenvalue weighted by atomic mass is 10.2. The number of aryl methyl sites for hydroxylation is 1. The van der Waals surface area contributed by atoms with E-state index in [1.54, 1.807) is 37.5 Å². The van der Waals surface area contributed by atoms with Crippen LogP contribution in [0.4, 0.5) is 8.78 Å². The molecule has 8 heteroatoms. The molecule has 4 rings (SSSR count). The van der Waals surface area contributed by atoms with Crippen LogP contribution < -0.4 is 0 Å². The predicted molar refractivity (Wildman–Crippen MR) is 94.6 cm³/mol. The predicted octanol–water partition coefficient (Wildman–Crippen LogP) is 4.38. The van der Waals surface area contributed by atoms with Gasteiger partial charge in [0.1, 0.15) is 5.82 Å². The van der Waals surface area contributed by atoms with Gasteiger partial charge in [0.25, 0.3) is 6.43 Å². The topological polar surface area (TPSA) is 61.4 Å². The molecule has 0 bridgehead atoms. The smallest absolute Gasteiger partial charge is 0.296 e. The monoisotopic (exact) mass is 356 g/mol. The first kappa shape index (κ1) is 16.6. The van der Waals surface area contributed by atoms with Crippen molar-refractivity contribution in [2.75, 3.05) is 0 Å². The Labute approximate surface area is 148 Å². The molecule has 4 aromatic rings. The largest absolute Gasteiger partial charge is 0.312 e. The summed E-state index contributed by atoms with van der Waals surface area (Å²) in [5.74, 6) is 0.484. The van der Waals surface area contributed by atoms with E-state index >= 15 is 0 Å². The van der Waals surface area contributed by atoms with Crippen molar-refractivity contribution in [3.63, 3.8) is 0 Å². The number of para-hydroxylation sites is 2. The summed E-state index contributed by atoms with van der Waals surface area (Å²) in [4.78, 5) is 17.5. The van der Waals surface area contributed by atoms with E-state index < -0.39 is 6.43 Å².